The Morgan fingerprint density at radius 1 is 1.19 bits per heavy atom. The number of ether oxygens (including phenoxy) is 1. The van der Waals surface area contributed by atoms with Crippen molar-refractivity contribution >= 4 is 23.2 Å². The minimum absolute atomic E-state index is 0.165. The van der Waals surface area contributed by atoms with Crippen LogP contribution in [0.2, 0.25) is 10.0 Å². The van der Waals surface area contributed by atoms with Crippen LogP contribution in [0.15, 0.2) is 36.7 Å². The molecule has 2 aromatic rings. The van der Waals surface area contributed by atoms with Crippen molar-refractivity contribution < 1.29 is 4.74 Å². The lowest BCUT2D eigenvalue weighted by Gasteiger charge is -2.14. The molecule has 110 valence electrons. The van der Waals surface area contributed by atoms with Crippen LogP contribution in [0.25, 0.3) is 11.1 Å². The molecule has 1 fully saturated rings. The minimum atomic E-state index is 0.165. The highest BCUT2D eigenvalue weighted by molar-refractivity contribution is 6.39. The molecule has 0 atom stereocenters. The van der Waals surface area contributed by atoms with E-state index in [4.69, 9.17) is 33.7 Å². The lowest BCUT2D eigenvalue weighted by molar-refractivity contribution is 0.238. The molecule has 21 heavy (non-hydrogen) atoms. The van der Waals surface area contributed by atoms with Crippen molar-refractivity contribution in [1.29, 1.82) is 0 Å². The van der Waals surface area contributed by atoms with E-state index in [1.54, 1.807) is 12.4 Å². The molecule has 1 heterocycles. The maximum atomic E-state index is 6.23. The van der Waals surface area contributed by atoms with Crippen LogP contribution >= 0.6 is 23.2 Å². The van der Waals surface area contributed by atoms with Crippen LogP contribution < -0.4 is 10.5 Å². The van der Waals surface area contributed by atoms with Gasteiger partial charge in [-0.05, 0) is 31.0 Å². The summed E-state index contributed by atoms with van der Waals surface area (Å²) in [4.78, 5) is 4.22. The molecule has 1 aromatic carbocycles. The number of hydrogen-bond acceptors (Lipinski definition) is 3. The number of benzene rings is 1. The fourth-order valence-electron chi connectivity index (χ4n) is 2.23. The van der Waals surface area contributed by atoms with Gasteiger partial charge in [0.15, 0.2) is 0 Å². The first-order valence-corrected chi connectivity index (χ1v) is 7.61. The smallest absolute Gasteiger partial charge is 0.138 e. The zero-order chi connectivity index (χ0) is 14.9. The predicted molar refractivity (Wildman–Crippen MR) is 85.9 cm³/mol. The van der Waals surface area contributed by atoms with E-state index in [2.05, 4.69) is 4.98 Å². The zero-order valence-electron chi connectivity index (χ0n) is 11.5. The SMILES string of the molecule is NCC1(COc2cncc(-c3c(Cl)cccc3Cl)c2)CC1. The Labute approximate surface area is 134 Å². The second-order valence-corrected chi connectivity index (χ2v) is 6.31. The summed E-state index contributed by atoms with van der Waals surface area (Å²) in [5.74, 6) is 0.711. The lowest BCUT2D eigenvalue weighted by Crippen LogP contribution is -2.22. The van der Waals surface area contributed by atoms with Gasteiger partial charge in [0.2, 0.25) is 0 Å². The average molecular weight is 323 g/mol. The molecule has 0 spiro atoms. The van der Waals surface area contributed by atoms with E-state index < -0.39 is 0 Å². The summed E-state index contributed by atoms with van der Waals surface area (Å²) in [6.45, 7) is 1.29. The largest absolute Gasteiger partial charge is 0.491 e. The van der Waals surface area contributed by atoms with Crippen LogP contribution in [0.4, 0.5) is 0 Å². The maximum Gasteiger partial charge on any atom is 0.138 e. The van der Waals surface area contributed by atoms with Gasteiger partial charge < -0.3 is 10.5 Å². The van der Waals surface area contributed by atoms with Gasteiger partial charge >= 0.3 is 0 Å². The van der Waals surface area contributed by atoms with Gasteiger partial charge in [0, 0.05) is 39.3 Å². The van der Waals surface area contributed by atoms with Gasteiger partial charge in [0.05, 0.1) is 12.8 Å². The normalized spacial score (nSPS) is 15.8. The Morgan fingerprint density at radius 3 is 2.52 bits per heavy atom. The van der Waals surface area contributed by atoms with Gasteiger partial charge in [-0.15, -0.1) is 0 Å². The molecule has 2 N–H and O–H groups in total. The number of rotatable bonds is 5. The Bertz CT molecular complexity index is 636. The Balaban J connectivity index is 1.83. The number of nitrogens with zero attached hydrogens (tertiary/aromatic N) is 1. The van der Waals surface area contributed by atoms with E-state index >= 15 is 0 Å². The van der Waals surface area contributed by atoms with Crippen LogP contribution in [0, 0.1) is 5.41 Å². The number of halogens is 2. The fourth-order valence-corrected chi connectivity index (χ4v) is 2.84. The summed E-state index contributed by atoms with van der Waals surface area (Å²) >= 11 is 12.5. The second-order valence-electron chi connectivity index (χ2n) is 5.50. The Hall–Kier alpha value is -1.29. The van der Waals surface area contributed by atoms with E-state index in [-0.39, 0.29) is 5.41 Å². The van der Waals surface area contributed by atoms with Gasteiger partial charge in [-0.3, -0.25) is 4.98 Å². The molecule has 0 aliphatic heterocycles. The van der Waals surface area contributed by atoms with Crippen LogP contribution in [0.3, 0.4) is 0 Å². The second kappa shape index (κ2) is 5.84. The first-order chi connectivity index (χ1) is 10.1. The van der Waals surface area contributed by atoms with Gasteiger partial charge in [-0.1, -0.05) is 29.3 Å². The maximum absolute atomic E-state index is 6.23. The average Bonchev–Trinajstić information content (AvgIpc) is 3.26. The third-order valence-electron chi connectivity index (χ3n) is 3.90. The van der Waals surface area contributed by atoms with Crippen molar-refractivity contribution in [2.75, 3.05) is 13.2 Å². The molecule has 0 bridgehead atoms. The first-order valence-electron chi connectivity index (χ1n) is 6.86. The highest BCUT2D eigenvalue weighted by atomic mass is 35.5. The number of hydrogen-bond donors (Lipinski definition) is 1. The zero-order valence-corrected chi connectivity index (χ0v) is 13.0. The van der Waals surface area contributed by atoms with E-state index in [1.807, 2.05) is 24.3 Å². The molecule has 1 aromatic heterocycles. The Morgan fingerprint density at radius 2 is 1.90 bits per heavy atom. The molecule has 0 amide bonds. The van der Waals surface area contributed by atoms with Crippen LogP contribution in [-0.2, 0) is 0 Å². The van der Waals surface area contributed by atoms with Crippen LogP contribution in [0.1, 0.15) is 12.8 Å². The molecule has 3 rings (SSSR count). The quantitative estimate of drug-likeness (QED) is 0.898. The molecule has 0 saturated heterocycles. The summed E-state index contributed by atoms with van der Waals surface area (Å²) in [5, 5.41) is 1.20. The number of nitrogens with two attached hydrogens (primary N) is 1. The molecule has 1 aliphatic rings. The van der Waals surface area contributed by atoms with Gasteiger partial charge in [-0.2, -0.15) is 0 Å². The van der Waals surface area contributed by atoms with E-state index in [9.17, 15) is 0 Å². The monoisotopic (exact) mass is 322 g/mol. The number of pyridine rings is 1. The van der Waals surface area contributed by atoms with Crippen molar-refractivity contribution in [2.24, 2.45) is 11.1 Å². The fraction of sp³-hybridized carbons (Fsp3) is 0.312. The van der Waals surface area contributed by atoms with Crippen molar-refractivity contribution in [3.63, 3.8) is 0 Å². The van der Waals surface area contributed by atoms with Crippen LogP contribution in [0.5, 0.6) is 5.75 Å². The third-order valence-corrected chi connectivity index (χ3v) is 4.53. The molecular weight excluding hydrogens is 307 g/mol. The van der Waals surface area contributed by atoms with Gasteiger partial charge in [-0.25, -0.2) is 0 Å². The molecular formula is C16H16Cl2N2O. The summed E-state index contributed by atoms with van der Waals surface area (Å²) < 4.78 is 5.84. The number of aromatic nitrogens is 1. The highest BCUT2D eigenvalue weighted by Crippen LogP contribution is 2.45. The topological polar surface area (TPSA) is 48.1 Å². The van der Waals surface area contributed by atoms with Crippen molar-refractivity contribution in [3.05, 3.63) is 46.7 Å². The minimum Gasteiger partial charge on any atom is -0.491 e. The first kappa shape index (κ1) is 14.6. The predicted octanol–water partition coefficient (Wildman–Crippen LogP) is 4.17. The summed E-state index contributed by atoms with van der Waals surface area (Å²) in [7, 11) is 0. The lowest BCUT2D eigenvalue weighted by atomic mass is 10.1. The summed E-state index contributed by atoms with van der Waals surface area (Å²) in [6.07, 6.45) is 5.69. The standard InChI is InChI=1S/C16H16Cl2N2O/c17-13-2-1-3-14(18)15(13)11-6-12(8-20-7-11)21-10-16(9-19)4-5-16/h1-3,6-8H,4-5,9-10,19H2. The van der Waals surface area contributed by atoms with Crippen LogP contribution in [-0.4, -0.2) is 18.1 Å². The van der Waals surface area contributed by atoms with Gasteiger partial charge in [0.1, 0.15) is 5.75 Å². The highest BCUT2D eigenvalue weighted by Gasteiger charge is 2.42. The van der Waals surface area contributed by atoms with Gasteiger partial charge in [0.25, 0.3) is 0 Å². The van der Waals surface area contributed by atoms with Crippen molar-refractivity contribution in [1.82, 2.24) is 4.98 Å². The summed E-state index contributed by atoms with van der Waals surface area (Å²) in [5.41, 5.74) is 7.55. The van der Waals surface area contributed by atoms with Crippen molar-refractivity contribution in [2.45, 2.75) is 12.8 Å². The van der Waals surface area contributed by atoms with E-state index in [0.29, 0.717) is 28.9 Å². The summed E-state index contributed by atoms with van der Waals surface area (Å²) in [6, 6.07) is 7.35. The van der Waals surface area contributed by atoms with Crippen molar-refractivity contribution in [3.8, 4) is 16.9 Å². The van der Waals surface area contributed by atoms with E-state index in [0.717, 1.165) is 24.0 Å². The van der Waals surface area contributed by atoms with E-state index in [1.165, 1.54) is 0 Å². The molecule has 1 saturated carbocycles. The third kappa shape index (κ3) is 3.15. The molecule has 3 nitrogen and oxygen atoms in total. The molecule has 0 radical (unpaired) electrons. The molecule has 5 heteroatoms. The molecule has 0 unspecified atom stereocenters. The molecule has 1 aliphatic carbocycles. The Kier molecular flexibility index (Phi) is 4.07.